The fourth-order valence-electron chi connectivity index (χ4n) is 1.70. The number of hydrogen-bond acceptors (Lipinski definition) is 6. The highest BCUT2D eigenvalue weighted by molar-refractivity contribution is 7.89. The molecular weight excluding hydrogens is 326 g/mol. The molecule has 0 unspecified atom stereocenters. The summed E-state index contributed by atoms with van der Waals surface area (Å²) in [6.45, 7) is 5.11. The zero-order chi connectivity index (χ0) is 15.5. The van der Waals surface area contributed by atoms with Crippen LogP contribution in [-0.4, -0.2) is 30.8 Å². The summed E-state index contributed by atoms with van der Waals surface area (Å²) in [5, 5.41) is 6.84. The predicted molar refractivity (Wildman–Crippen MR) is 87.1 cm³/mol. The summed E-state index contributed by atoms with van der Waals surface area (Å²) in [4.78, 5) is 5.49. The monoisotopic (exact) mass is 345 g/mol. The number of sulfonamides is 1. The Hall–Kier alpha value is -0.800. The van der Waals surface area contributed by atoms with Gasteiger partial charge >= 0.3 is 0 Å². The molecule has 2 aromatic heterocycles. The summed E-state index contributed by atoms with van der Waals surface area (Å²) >= 11 is 2.92. The molecule has 0 atom stereocenters. The third-order valence-electron chi connectivity index (χ3n) is 2.89. The van der Waals surface area contributed by atoms with Crippen molar-refractivity contribution in [3.05, 3.63) is 32.9 Å². The molecule has 0 aliphatic heterocycles. The minimum absolute atomic E-state index is 0.293. The van der Waals surface area contributed by atoms with Gasteiger partial charge in [-0.3, -0.25) is 0 Å². The van der Waals surface area contributed by atoms with E-state index in [0.717, 1.165) is 10.6 Å². The van der Waals surface area contributed by atoms with Gasteiger partial charge in [0.05, 0.1) is 22.6 Å². The molecule has 0 aliphatic rings. The highest BCUT2D eigenvalue weighted by atomic mass is 32.2. The third kappa shape index (κ3) is 4.33. The van der Waals surface area contributed by atoms with Crippen molar-refractivity contribution < 1.29 is 8.42 Å². The van der Waals surface area contributed by atoms with Gasteiger partial charge in [-0.15, -0.1) is 22.7 Å². The summed E-state index contributed by atoms with van der Waals surface area (Å²) < 4.78 is 26.3. The van der Waals surface area contributed by atoms with E-state index in [1.54, 1.807) is 24.0 Å². The van der Waals surface area contributed by atoms with Gasteiger partial charge in [0, 0.05) is 35.3 Å². The Bertz CT molecular complexity index is 663. The van der Waals surface area contributed by atoms with E-state index in [1.165, 1.54) is 27.0 Å². The molecule has 0 saturated carbocycles. The number of thiazole rings is 1. The van der Waals surface area contributed by atoms with Crippen molar-refractivity contribution in [1.82, 2.24) is 14.6 Å². The van der Waals surface area contributed by atoms with Gasteiger partial charge in [0.1, 0.15) is 0 Å². The summed E-state index contributed by atoms with van der Waals surface area (Å²) in [6, 6.07) is 2.12. The normalized spacial score (nSPS) is 12.4. The molecule has 2 heterocycles. The quantitative estimate of drug-likeness (QED) is 0.837. The maximum Gasteiger partial charge on any atom is 0.244 e. The largest absolute Gasteiger partial charge is 0.310 e. The van der Waals surface area contributed by atoms with Crippen molar-refractivity contribution in [2.24, 2.45) is 0 Å². The Balaban J connectivity index is 2.08. The van der Waals surface area contributed by atoms with Crippen molar-refractivity contribution in [2.45, 2.75) is 37.9 Å². The zero-order valence-electron chi connectivity index (χ0n) is 12.2. The van der Waals surface area contributed by atoms with Gasteiger partial charge in [-0.05, 0) is 6.07 Å². The molecule has 8 heteroatoms. The van der Waals surface area contributed by atoms with Crippen molar-refractivity contribution in [2.75, 3.05) is 7.05 Å². The van der Waals surface area contributed by atoms with E-state index in [1.807, 2.05) is 5.38 Å². The second-order valence-electron chi connectivity index (χ2n) is 5.03. The maximum atomic E-state index is 12.5. The first-order valence-corrected chi connectivity index (χ1v) is 9.80. The second kappa shape index (κ2) is 6.97. The maximum absolute atomic E-state index is 12.5. The van der Waals surface area contributed by atoms with Gasteiger partial charge in [-0.1, -0.05) is 13.8 Å². The topological polar surface area (TPSA) is 62.3 Å². The predicted octanol–water partition coefficient (Wildman–Crippen LogP) is 2.52. The van der Waals surface area contributed by atoms with Gasteiger partial charge < -0.3 is 5.32 Å². The smallest absolute Gasteiger partial charge is 0.244 e. The van der Waals surface area contributed by atoms with Crippen LogP contribution >= 0.6 is 22.7 Å². The average molecular weight is 346 g/mol. The van der Waals surface area contributed by atoms with Gasteiger partial charge in [-0.25, -0.2) is 13.4 Å². The molecule has 0 saturated heterocycles. The summed E-state index contributed by atoms with van der Waals surface area (Å²) in [5.74, 6) is 0. The molecule has 0 spiro atoms. The highest BCUT2D eigenvalue weighted by Crippen LogP contribution is 2.23. The van der Waals surface area contributed by atoms with Gasteiger partial charge in [0.15, 0.2) is 0 Å². The fraction of sp³-hybridized carbons (Fsp3) is 0.462. The lowest BCUT2D eigenvalue weighted by molar-refractivity contribution is 0.463. The van der Waals surface area contributed by atoms with Crippen molar-refractivity contribution in [3.63, 3.8) is 0 Å². The standard InChI is InChI=1S/C13H19N3O2S3/c1-10(2)14-5-12-4-13(8-20-12)21(17,18)16(3)6-11-7-19-9-15-11/h4,7-10,14H,5-6H2,1-3H3. The minimum Gasteiger partial charge on any atom is -0.310 e. The van der Waals surface area contributed by atoms with E-state index in [2.05, 4.69) is 24.1 Å². The van der Waals surface area contributed by atoms with E-state index in [4.69, 9.17) is 0 Å². The molecule has 0 radical (unpaired) electrons. The van der Waals surface area contributed by atoms with Crippen LogP contribution in [0.4, 0.5) is 0 Å². The first-order valence-electron chi connectivity index (χ1n) is 6.54. The lowest BCUT2D eigenvalue weighted by Gasteiger charge is -2.14. The van der Waals surface area contributed by atoms with Crippen LogP contribution in [0.5, 0.6) is 0 Å². The van der Waals surface area contributed by atoms with Crippen molar-refractivity contribution in [3.8, 4) is 0 Å². The van der Waals surface area contributed by atoms with Crippen LogP contribution in [0.15, 0.2) is 27.2 Å². The summed E-state index contributed by atoms with van der Waals surface area (Å²) in [6.07, 6.45) is 0. The Labute approximate surface area is 133 Å². The van der Waals surface area contributed by atoms with E-state index >= 15 is 0 Å². The van der Waals surface area contributed by atoms with Gasteiger partial charge in [0.25, 0.3) is 0 Å². The van der Waals surface area contributed by atoms with E-state index in [9.17, 15) is 8.42 Å². The SMILES string of the molecule is CC(C)NCc1cc(S(=O)(=O)N(C)Cc2cscn2)cs1. The van der Waals surface area contributed by atoms with Crippen LogP contribution in [0.1, 0.15) is 24.4 Å². The number of aromatic nitrogens is 1. The van der Waals surface area contributed by atoms with E-state index in [0.29, 0.717) is 24.0 Å². The first kappa shape index (κ1) is 16.6. The van der Waals surface area contributed by atoms with Gasteiger partial charge in [-0.2, -0.15) is 4.31 Å². The Morgan fingerprint density at radius 2 is 2.14 bits per heavy atom. The average Bonchev–Trinajstić information content (AvgIpc) is 3.07. The molecule has 21 heavy (non-hydrogen) atoms. The summed E-state index contributed by atoms with van der Waals surface area (Å²) in [5.41, 5.74) is 2.47. The number of nitrogens with zero attached hydrogens (tertiary/aromatic N) is 2. The third-order valence-corrected chi connectivity index (χ3v) is 6.39. The first-order chi connectivity index (χ1) is 9.89. The molecule has 2 aromatic rings. The van der Waals surface area contributed by atoms with Crippen LogP contribution in [0.25, 0.3) is 0 Å². The molecule has 5 nitrogen and oxygen atoms in total. The van der Waals surface area contributed by atoms with Crippen molar-refractivity contribution in [1.29, 1.82) is 0 Å². The number of hydrogen-bond donors (Lipinski definition) is 1. The molecule has 0 fully saturated rings. The molecular formula is C13H19N3O2S3. The lowest BCUT2D eigenvalue weighted by Crippen LogP contribution is -2.26. The van der Waals surface area contributed by atoms with Crippen LogP contribution in [0, 0.1) is 0 Å². The number of thiophene rings is 1. The Morgan fingerprint density at radius 3 is 2.76 bits per heavy atom. The fourth-order valence-corrected chi connectivity index (χ4v) is 4.61. The van der Waals surface area contributed by atoms with E-state index in [-0.39, 0.29) is 0 Å². The minimum atomic E-state index is -3.45. The number of nitrogens with one attached hydrogen (secondary N) is 1. The number of rotatable bonds is 7. The molecule has 0 bridgehead atoms. The van der Waals surface area contributed by atoms with Crippen LogP contribution in [-0.2, 0) is 23.1 Å². The van der Waals surface area contributed by atoms with Gasteiger partial charge in [0.2, 0.25) is 10.0 Å². The Kier molecular flexibility index (Phi) is 5.50. The second-order valence-corrected chi connectivity index (χ2v) is 8.78. The lowest BCUT2D eigenvalue weighted by atomic mass is 10.4. The summed E-state index contributed by atoms with van der Waals surface area (Å²) in [7, 11) is -1.87. The molecule has 116 valence electrons. The Morgan fingerprint density at radius 1 is 1.38 bits per heavy atom. The van der Waals surface area contributed by atoms with Crippen LogP contribution in [0.2, 0.25) is 0 Å². The molecule has 0 aromatic carbocycles. The molecule has 0 amide bonds. The van der Waals surface area contributed by atoms with Crippen LogP contribution < -0.4 is 5.32 Å². The highest BCUT2D eigenvalue weighted by Gasteiger charge is 2.22. The van der Waals surface area contributed by atoms with Crippen molar-refractivity contribution >= 4 is 32.7 Å². The molecule has 0 aliphatic carbocycles. The molecule has 1 N–H and O–H groups in total. The molecule has 2 rings (SSSR count). The zero-order valence-corrected chi connectivity index (χ0v) is 14.7. The van der Waals surface area contributed by atoms with E-state index < -0.39 is 10.0 Å². The van der Waals surface area contributed by atoms with Crippen LogP contribution in [0.3, 0.4) is 0 Å².